The minimum atomic E-state index is -0.430. The Kier molecular flexibility index (Phi) is 3.25. The molecule has 2 nitrogen and oxygen atoms in total. The minimum absolute atomic E-state index is 0.430. The predicted molar refractivity (Wildman–Crippen MR) is 57.1 cm³/mol. The Morgan fingerprint density at radius 1 is 1.54 bits per heavy atom. The van der Waals surface area contributed by atoms with E-state index in [4.69, 9.17) is 5.73 Å². The highest BCUT2D eigenvalue weighted by molar-refractivity contribution is 9.10. The summed E-state index contributed by atoms with van der Waals surface area (Å²) in [6, 6.07) is 5.83. The van der Waals surface area contributed by atoms with Gasteiger partial charge in [-0.15, -0.1) is 0 Å². The maximum atomic E-state index is 10.5. The molecule has 0 aromatic heterocycles. The molecule has 1 rings (SSSR count). The van der Waals surface area contributed by atoms with E-state index in [0.717, 1.165) is 15.6 Å². The molecule has 68 valence electrons. The molecule has 3 heteroatoms. The number of rotatable bonds is 2. The molecule has 2 N–H and O–H groups in total. The average Bonchev–Trinajstić information content (AvgIpc) is 2.07. The summed E-state index contributed by atoms with van der Waals surface area (Å²) in [6.45, 7) is 1.99. The average molecular weight is 240 g/mol. The summed E-state index contributed by atoms with van der Waals surface area (Å²) in [6.07, 6.45) is 3.05. The zero-order valence-corrected chi connectivity index (χ0v) is 8.84. The van der Waals surface area contributed by atoms with Crippen LogP contribution in [0.2, 0.25) is 0 Å². The van der Waals surface area contributed by atoms with Gasteiger partial charge in [-0.1, -0.05) is 28.1 Å². The lowest BCUT2D eigenvalue weighted by Gasteiger charge is -1.98. The summed E-state index contributed by atoms with van der Waals surface area (Å²) < 4.78 is 1.06. The normalized spacial score (nSPS) is 10.6. The quantitative estimate of drug-likeness (QED) is 0.791. The third kappa shape index (κ3) is 3.03. The van der Waals surface area contributed by atoms with Crippen LogP contribution in [0.15, 0.2) is 28.7 Å². The summed E-state index contributed by atoms with van der Waals surface area (Å²) >= 11 is 3.39. The van der Waals surface area contributed by atoms with Crippen LogP contribution in [0.1, 0.15) is 11.1 Å². The van der Waals surface area contributed by atoms with Crippen LogP contribution in [0, 0.1) is 6.92 Å². The first-order valence-electron chi connectivity index (χ1n) is 3.83. The number of carbonyl (C=O) groups excluding carboxylic acids is 1. The maximum Gasteiger partial charge on any atom is 0.241 e. The van der Waals surface area contributed by atoms with E-state index in [0.29, 0.717) is 0 Å². The third-order valence-corrected chi connectivity index (χ3v) is 2.51. The first-order chi connectivity index (χ1) is 6.09. The number of carbonyl (C=O) groups is 1. The Hall–Kier alpha value is -1.09. The maximum absolute atomic E-state index is 10.5. The minimum Gasteiger partial charge on any atom is -0.366 e. The van der Waals surface area contributed by atoms with Crippen molar-refractivity contribution in [3.8, 4) is 0 Å². The van der Waals surface area contributed by atoms with Crippen molar-refractivity contribution in [2.45, 2.75) is 6.92 Å². The molecule has 13 heavy (non-hydrogen) atoms. The smallest absolute Gasteiger partial charge is 0.241 e. The number of benzene rings is 1. The van der Waals surface area contributed by atoms with Gasteiger partial charge in [0.2, 0.25) is 5.91 Å². The van der Waals surface area contributed by atoms with Crippen LogP contribution in [0.25, 0.3) is 6.08 Å². The topological polar surface area (TPSA) is 43.1 Å². The second kappa shape index (κ2) is 4.23. The number of hydrogen-bond acceptors (Lipinski definition) is 1. The number of amides is 1. The molecular formula is C10H10BrNO. The molecule has 0 aliphatic rings. The molecule has 0 bridgehead atoms. The molecule has 0 aliphatic heterocycles. The van der Waals surface area contributed by atoms with Gasteiger partial charge in [-0.3, -0.25) is 4.79 Å². The summed E-state index contributed by atoms with van der Waals surface area (Å²) in [4.78, 5) is 10.5. The monoisotopic (exact) mass is 239 g/mol. The highest BCUT2D eigenvalue weighted by atomic mass is 79.9. The molecule has 0 aliphatic carbocycles. The van der Waals surface area contributed by atoms with Crippen molar-refractivity contribution < 1.29 is 4.79 Å². The fourth-order valence-corrected chi connectivity index (χ4v) is 1.20. The van der Waals surface area contributed by atoms with Crippen LogP contribution in [0.5, 0.6) is 0 Å². The number of halogens is 1. The van der Waals surface area contributed by atoms with Crippen molar-refractivity contribution in [2.24, 2.45) is 5.73 Å². The van der Waals surface area contributed by atoms with E-state index < -0.39 is 5.91 Å². The molecule has 0 atom stereocenters. The van der Waals surface area contributed by atoms with Gasteiger partial charge in [-0.2, -0.15) is 0 Å². The van der Waals surface area contributed by atoms with Gasteiger partial charge in [0.25, 0.3) is 0 Å². The van der Waals surface area contributed by atoms with Crippen molar-refractivity contribution >= 4 is 27.9 Å². The van der Waals surface area contributed by atoms with E-state index in [-0.39, 0.29) is 0 Å². The summed E-state index contributed by atoms with van der Waals surface area (Å²) in [5, 5.41) is 0. The van der Waals surface area contributed by atoms with Crippen molar-refractivity contribution in [3.05, 3.63) is 39.9 Å². The Labute approximate surface area is 85.6 Å². The fraction of sp³-hybridized carbons (Fsp3) is 0.100. The Balaban J connectivity index is 2.92. The molecule has 1 aromatic rings. The molecule has 0 saturated heterocycles. The van der Waals surface area contributed by atoms with Crippen LogP contribution < -0.4 is 5.73 Å². The van der Waals surface area contributed by atoms with Gasteiger partial charge in [-0.25, -0.2) is 0 Å². The van der Waals surface area contributed by atoms with Crippen LogP contribution >= 0.6 is 15.9 Å². The molecular weight excluding hydrogens is 230 g/mol. The third-order valence-electron chi connectivity index (χ3n) is 1.62. The lowest BCUT2D eigenvalue weighted by molar-refractivity contribution is -0.113. The van der Waals surface area contributed by atoms with E-state index in [1.807, 2.05) is 25.1 Å². The number of aryl methyl sites for hydroxylation is 1. The predicted octanol–water partition coefficient (Wildman–Crippen LogP) is 2.26. The molecule has 1 aromatic carbocycles. The molecule has 0 heterocycles. The molecule has 0 spiro atoms. The highest BCUT2D eigenvalue weighted by Crippen LogP contribution is 2.17. The number of primary amides is 1. The van der Waals surface area contributed by atoms with Gasteiger partial charge < -0.3 is 5.73 Å². The number of nitrogens with two attached hydrogens (primary N) is 1. The van der Waals surface area contributed by atoms with Gasteiger partial charge in [0.1, 0.15) is 0 Å². The summed E-state index contributed by atoms with van der Waals surface area (Å²) in [7, 11) is 0. The second-order valence-electron chi connectivity index (χ2n) is 2.74. The summed E-state index contributed by atoms with van der Waals surface area (Å²) in [5.74, 6) is -0.430. The van der Waals surface area contributed by atoms with E-state index in [2.05, 4.69) is 15.9 Å². The first kappa shape index (κ1) is 9.99. The molecule has 0 saturated carbocycles. The van der Waals surface area contributed by atoms with Crippen molar-refractivity contribution in [2.75, 3.05) is 0 Å². The van der Waals surface area contributed by atoms with E-state index in [1.54, 1.807) is 6.08 Å². The van der Waals surface area contributed by atoms with Gasteiger partial charge in [0.05, 0.1) is 0 Å². The van der Waals surface area contributed by atoms with Crippen molar-refractivity contribution in [1.82, 2.24) is 0 Å². The Morgan fingerprint density at radius 2 is 2.23 bits per heavy atom. The molecule has 0 fully saturated rings. The molecule has 0 unspecified atom stereocenters. The lowest BCUT2D eigenvalue weighted by atomic mass is 10.1. The van der Waals surface area contributed by atoms with E-state index in [1.165, 1.54) is 6.08 Å². The Bertz CT molecular complexity index is 358. The standard InChI is InChI=1S/C10H10BrNO/c1-7-6-8(2-4-9(7)11)3-5-10(12)13/h2-6H,1H3,(H2,12,13). The lowest BCUT2D eigenvalue weighted by Crippen LogP contribution is -2.05. The first-order valence-corrected chi connectivity index (χ1v) is 4.62. The zero-order valence-electron chi connectivity index (χ0n) is 7.25. The van der Waals surface area contributed by atoms with Crippen LogP contribution in [0.3, 0.4) is 0 Å². The van der Waals surface area contributed by atoms with Crippen molar-refractivity contribution in [3.63, 3.8) is 0 Å². The fourth-order valence-electron chi connectivity index (χ4n) is 0.950. The summed E-state index contributed by atoms with van der Waals surface area (Å²) in [5.41, 5.74) is 7.08. The van der Waals surface area contributed by atoms with Gasteiger partial charge in [0.15, 0.2) is 0 Å². The van der Waals surface area contributed by atoms with E-state index >= 15 is 0 Å². The van der Waals surface area contributed by atoms with Gasteiger partial charge >= 0.3 is 0 Å². The van der Waals surface area contributed by atoms with Crippen LogP contribution in [0.4, 0.5) is 0 Å². The highest BCUT2D eigenvalue weighted by Gasteiger charge is 1.94. The van der Waals surface area contributed by atoms with Crippen LogP contribution in [-0.4, -0.2) is 5.91 Å². The van der Waals surface area contributed by atoms with E-state index in [9.17, 15) is 4.79 Å². The second-order valence-corrected chi connectivity index (χ2v) is 3.60. The number of hydrogen-bond donors (Lipinski definition) is 1. The Morgan fingerprint density at radius 3 is 2.77 bits per heavy atom. The zero-order chi connectivity index (χ0) is 9.84. The molecule has 1 amide bonds. The van der Waals surface area contributed by atoms with Crippen molar-refractivity contribution in [1.29, 1.82) is 0 Å². The molecule has 0 radical (unpaired) electrons. The van der Waals surface area contributed by atoms with Gasteiger partial charge in [0, 0.05) is 10.5 Å². The largest absolute Gasteiger partial charge is 0.366 e. The SMILES string of the molecule is Cc1cc(C=CC(N)=O)ccc1Br. The van der Waals surface area contributed by atoms with Gasteiger partial charge in [-0.05, 0) is 30.2 Å². The van der Waals surface area contributed by atoms with Crippen LogP contribution in [-0.2, 0) is 4.79 Å².